The summed E-state index contributed by atoms with van der Waals surface area (Å²) in [6.07, 6.45) is 0. The third-order valence-corrected chi connectivity index (χ3v) is 5.32. The molecule has 172 valence electrons. The maximum Gasteiger partial charge on any atom is 0.333 e. The van der Waals surface area contributed by atoms with Crippen LogP contribution in [0.25, 0.3) is 0 Å². The Morgan fingerprint density at radius 3 is 2.22 bits per heavy atom. The van der Waals surface area contributed by atoms with Crippen molar-refractivity contribution in [3.05, 3.63) is 65.7 Å². The summed E-state index contributed by atoms with van der Waals surface area (Å²) in [6, 6.07) is 12.8. The number of benzene rings is 2. The van der Waals surface area contributed by atoms with Crippen molar-refractivity contribution in [2.45, 2.75) is 18.3 Å². The van der Waals surface area contributed by atoms with E-state index in [1.807, 2.05) is 0 Å². The molecule has 0 saturated heterocycles. The van der Waals surface area contributed by atoms with Gasteiger partial charge >= 0.3 is 6.03 Å². The van der Waals surface area contributed by atoms with Gasteiger partial charge < -0.3 is 21.9 Å². The quantitative estimate of drug-likeness (QED) is 0.139. The van der Waals surface area contributed by atoms with E-state index in [0.29, 0.717) is 11.3 Å². The molecule has 0 aliphatic heterocycles. The van der Waals surface area contributed by atoms with Crippen molar-refractivity contribution in [3.63, 3.8) is 0 Å². The molecule has 13 heteroatoms. The number of hydrogen-bond acceptors (Lipinski definition) is 6. The van der Waals surface area contributed by atoms with Crippen molar-refractivity contribution in [1.29, 1.82) is 0 Å². The van der Waals surface area contributed by atoms with Crippen LogP contribution in [0.3, 0.4) is 0 Å². The van der Waals surface area contributed by atoms with Crippen LogP contribution in [0.4, 0.5) is 10.5 Å². The first-order chi connectivity index (χ1) is 15.2. The van der Waals surface area contributed by atoms with Gasteiger partial charge in [0.15, 0.2) is 5.96 Å². The largest absolute Gasteiger partial charge is 0.394 e. The van der Waals surface area contributed by atoms with E-state index >= 15 is 0 Å². The van der Waals surface area contributed by atoms with Crippen molar-refractivity contribution < 1.29 is 23.1 Å². The number of aliphatic hydroxyl groups is 1. The number of hydrazine groups is 1. The van der Waals surface area contributed by atoms with Gasteiger partial charge in [-0.15, -0.1) is 0 Å². The van der Waals surface area contributed by atoms with E-state index in [1.165, 1.54) is 0 Å². The molecule has 0 spiro atoms. The molecule has 0 saturated carbocycles. The number of nitrogens with one attached hydrogen (secondary N) is 4. The number of guanidine groups is 1. The van der Waals surface area contributed by atoms with Crippen molar-refractivity contribution in [2.75, 3.05) is 6.61 Å². The molecule has 2 rings (SSSR count). The van der Waals surface area contributed by atoms with Crippen LogP contribution in [0.2, 0.25) is 0 Å². The van der Waals surface area contributed by atoms with Gasteiger partial charge in [-0.3, -0.25) is 10.2 Å². The second-order valence-corrected chi connectivity index (χ2v) is 8.35. The van der Waals surface area contributed by atoms with Gasteiger partial charge in [0.1, 0.15) is 6.04 Å². The summed E-state index contributed by atoms with van der Waals surface area (Å²) in [7, 11) is -3.91. The number of nitrogens with zero attached hydrogens (tertiary/aromatic N) is 1. The average molecular weight is 464 g/mol. The molecule has 1 atom stereocenters. The molecule has 32 heavy (non-hydrogen) atoms. The number of carbonyl (C=O) groups excluding carboxylic acids is 2. The summed E-state index contributed by atoms with van der Waals surface area (Å²) in [5.74, 6) is -1.37. The molecule has 2 aromatic rings. The summed E-state index contributed by atoms with van der Waals surface area (Å²) < 4.78 is 26.6. The zero-order valence-electron chi connectivity index (χ0n) is 17.0. The van der Waals surface area contributed by atoms with Gasteiger partial charge in [0.05, 0.1) is 18.0 Å². The van der Waals surface area contributed by atoms with Crippen LogP contribution in [0.15, 0.2) is 59.6 Å². The Balaban J connectivity index is 1.80. The van der Waals surface area contributed by atoms with Crippen LogP contribution < -0.4 is 32.4 Å². The van der Waals surface area contributed by atoms with Gasteiger partial charge in [-0.2, -0.15) is 0 Å². The van der Waals surface area contributed by atoms with Gasteiger partial charge in [0.25, 0.3) is 5.91 Å². The maximum absolute atomic E-state index is 12.2. The fourth-order valence-corrected chi connectivity index (χ4v) is 3.82. The molecule has 2 aromatic carbocycles. The molecule has 0 bridgehead atoms. The molecule has 0 fully saturated rings. The number of aliphatic hydroxyl groups excluding tert-OH is 1. The lowest BCUT2D eigenvalue weighted by molar-refractivity contribution is -0.124. The molecule has 0 heterocycles. The number of urea groups is 1. The highest BCUT2D eigenvalue weighted by atomic mass is 32.2. The van der Waals surface area contributed by atoms with E-state index in [0.717, 1.165) is 5.56 Å². The lowest BCUT2D eigenvalue weighted by Crippen LogP contribution is -2.55. The number of sulfonamides is 1. The minimum atomic E-state index is -3.91. The SMILES string of the molecule is NC(N)=Nc1ccc(CNC(=O)NNC(=O)[C@@H](CO)NS(=O)(=O)Cc2ccccc2)cc1. The fourth-order valence-electron chi connectivity index (χ4n) is 2.50. The Kier molecular flexibility index (Phi) is 8.95. The van der Waals surface area contributed by atoms with Crippen LogP contribution >= 0.6 is 0 Å². The van der Waals surface area contributed by atoms with Crippen molar-refractivity contribution in [2.24, 2.45) is 16.5 Å². The molecule has 0 unspecified atom stereocenters. The smallest absolute Gasteiger partial charge is 0.333 e. The predicted octanol–water partition coefficient (Wildman–Crippen LogP) is -1.10. The first-order valence-electron chi connectivity index (χ1n) is 9.35. The Hall–Kier alpha value is -3.68. The Morgan fingerprint density at radius 1 is 0.969 bits per heavy atom. The van der Waals surface area contributed by atoms with E-state index in [1.54, 1.807) is 54.6 Å². The molecular weight excluding hydrogens is 438 g/mol. The lowest BCUT2D eigenvalue weighted by Gasteiger charge is -2.17. The Bertz CT molecular complexity index is 1040. The highest BCUT2D eigenvalue weighted by molar-refractivity contribution is 7.88. The van der Waals surface area contributed by atoms with Gasteiger partial charge in [0.2, 0.25) is 10.0 Å². The van der Waals surface area contributed by atoms with E-state index < -0.39 is 34.6 Å². The molecule has 0 aliphatic rings. The summed E-state index contributed by atoms with van der Waals surface area (Å²) in [6.45, 7) is -0.664. The molecule has 12 nitrogen and oxygen atoms in total. The van der Waals surface area contributed by atoms with Crippen LogP contribution in [0.5, 0.6) is 0 Å². The average Bonchev–Trinajstić information content (AvgIpc) is 2.75. The molecule has 9 N–H and O–H groups in total. The number of nitrogens with two attached hydrogens (primary N) is 2. The van der Waals surface area contributed by atoms with Crippen molar-refractivity contribution in [3.8, 4) is 0 Å². The number of rotatable bonds is 9. The monoisotopic (exact) mass is 463 g/mol. The fraction of sp³-hybridized carbons (Fsp3) is 0.211. The van der Waals surface area contributed by atoms with Gasteiger partial charge in [-0.25, -0.2) is 28.4 Å². The number of amides is 3. The first-order valence-corrected chi connectivity index (χ1v) is 11.0. The third kappa shape index (κ3) is 8.59. The normalized spacial score (nSPS) is 11.8. The van der Waals surface area contributed by atoms with E-state index in [2.05, 4.69) is 25.9 Å². The summed E-state index contributed by atoms with van der Waals surface area (Å²) in [5.41, 5.74) is 16.5. The molecule has 0 radical (unpaired) electrons. The van der Waals surface area contributed by atoms with E-state index in [9.17, 15) is 23.1 Å². The highest BCUT2D eigenvalue weighted by Gasteiger charge is 2.24. The van der Waals surface area contributed by atoms with E-state index in [-0.39, 0.29) is 18.3 Å². The highest BCUT2D eigenvalue weighted by Crippen LogP contribution is 2.12. The first kappa shape index (κ1) is 24.6. The Morgan fingerprint density at radius 2 is 1.62 bits per heavy atom. The standard InChI is InChI=1S/C19H25N7O5S/c20-18(21)23-15-8-6-13(7-9-15)10-22-19(29)25-24-17(28)16(11-27)26-32(30,31)12-14-4-2-1-3-5-14/h1-9,16,26-27H,10-12H2,(H,24,28)(H4,20,21,23)(H2,22,25,29)/t16-/m1/s1. The summed E-state index contributed by atoms with van der Waals surface area (Å²) >= 11 is 0. The van der Waals surface area contributed by atoms with Crippen LogP contribution in [-0.4, -0.2) is 44.1 Å². The van der Waals surface area contributed by atoms with Gasteiger partial charge in [0, 0.05) is 6.54 Å². The Labute approximate surface area is 185 Å². The number of aliphatic imine (C=N–C) groups is 1. The second-order valence-electron chi connectivity index (χ2n) is 6.60. The second kappa shape index (κ2) is 11.6. The molecular formula is C19H25N7O5S. The molecule has 0 aromatic heterocycles. The minimum Gasteiger partial charge on any atom is -0.394 e. The molecule has 3 amide bonds. The van der Waals surface area contributed by atoms with Gasteiger partial charge in [-0.05, 0) is 23.3 Å². The minimum absolute atomic E-state index is 0.0745. The van der Waals surface area contributed by atoms with Crippen LogP contribution in [0.1, 0.15) is 11.1 Å². The van der Waals surface area contributed by atoms with E-state index in [4.69, 9.17) is 11.5 Å². The molecule has 0 aliphatic carbocycles. The predicted molar refractivity (Wildman–Crippen MR) is 119 cm³/mol. The van der Waals surface area contributed by atoms with Crippen molar-refractivity contribution >= 4 is 33.6 Å². The third-order valence-electron chi connectivity index (χ3n) is 3.97. The zero-order chi connectivity index (χ0) is 23.6. The number of hydrogen-bond donors (Lipinski definition) is 7. The number of carbonyl (C=O) groups is 2. The summed E-state index contributed by atoms with van der Waals surface area (Å²) in [4.78, 5) is 27.9. The topological polar surface area (TPSA) is 201 Å². The zero-order valence-corrected chi connectivity index (χ0v) is 17.8. The van der Waals surface area contributed by atoms with Crippen LogP contribution in [0, 0.1) is 0 Å². The van der Waals surface area contributed by atoms with Gasteiger partial charge in [-0.1, -0.05) is 42.5 Å². The van der Waals surface area contributed by atoms with Crippen LogP contribution in [-0.2, 0) is 27.1 Å². The maximum atomic E-state index is 12.2. The summed E-state index contributed by atoms with van der Waals surface area (Å²) in [5, 5.41) is 11.9. The lowest BCUT2D eigenvalue weighted by atomic mass is 10.2. The van der Waals surface area contributed by atoms with Crippen molar-refractivity contribution in [1.82, 2.24) is 20.9 Å².